The molecule has 1 aliphatic heterocycles. The Labute approximate surface area is 120 Å². The summed E-state index contributed by atoms with van der Waals surface area (Å²) in [5.74, 6) is 0.956. The summed E-state index contributed by atoms with van der Waals surface area (Å²) in [6, 6.07) is 4.14. The predicted octanol–water partition coefficient (Wildman–Crippen LogP) is 2.52. The van der Waals surface area contributed by atoms with E-state index < -0.39 is 0 Å². The van der Waals surface area contributed by atoms with Gasteiger partial charge in [0.2, 0.25) is 5.91 Å². The number of aryl methyl sites for hydroxylation is 1. The third-order valence-corrected chi connectivity index (χ3v) is 4.10. The Morgan fingerprint density at radius 1 is 1.35 bits per heavy atom. The van der Waals surface area contributed by atoms with Crippen molar-refractivity contribution in [2.24, 2.45) is 5.10 Å². The summed E-state index contributed by atoms with van der Waals surface area (Å²) in [7, 11) is 0. The summed E-state index contributed by atoms with van der Waals surface area (Å²) in [4.78, 5) is 16.4. The molecule has 0 radical (unpaired) electrons. The van der Waals surface area contributed by atoms with Crippen LogP contribution in [-0.2, 0) is 4.79 Å². The monoisotopic (exact) mass is 286 g/mol. The van der Waals surface area contributed by atoms with E-state index in [2.05, 4.69) is 32.2 Å². The minimum Gasteiger partial charge on any atom is -0.295 e. The Bertz CT molecular complexity index is 696. The van der Waals surface area contributed by atoms with Gasteiger partial charge >= 0.3 is 0 Å². The van der Waals surface area contributed by atoms with E-state index in [1.165, 1.54) is 0 Å². The van der Waals surface area contributed by atoms with Crippen LogP contribution in [0.3, 0.4) is 0 Å². The molecule has 20 heavy (non-hydrogen) atoms. The molecular weight excluding hydrogens is 272 g/mol. The molecule has 0 aliphatic carbocycles. The van der Waals surface area contributed by atoms with Crippen LogP contribution in [0, 0.1) is 6.92 Å². The maximum Gasteiger partial charge on any atom is 0.240 e. The zero-order valence-corrected chi connectivity index (χ0v) is 11.9. The fourth-order valence-electron chi connectivity index (χ4n) is 1.96. The standard InChI is InChI=1S/C14H14N4OS/c1-10-15-8-9-18(10)14-7-5-12(20-14)4-2-11-3-6-13(19)17-16-11/h2,4-5,7-9H,3,6H2,1H3,(H,17,19)/b4-2+. The van der Waals surface area contributed by atoms with Crippen molar-refractivity contribution < 1.29 is 4.79 Å². The van der Waals surface area contributed by atoms with E-state index >= 15 is 0 Å². The van der Waals surface area contributed by atoms with Gasteiger partial charge in [-0.1, -0.05) is 0 Å². The molecule has 0 spiro atoms. The molecule has 0 saturated heterocycles. The zero-order valence-electron chi connectivity index (χ0n) is 11.0. The van der Waals surface area contributed by atoms with Gasteiger partial charge in [-0.25, -0.2) is 10.4 Å². The van der Waals surface area contributed by atoms with Crippen molar-refractivity contribution in [3.63, 3.8) is 0 Å². The highest BCUT2D eigenvalue weighted by atomic mass is 32.1. The molecule has 0 bridgehead atoms. The second-order valence-corrected chi connectivity index (χ2v) is 5.59. The largest absolute Gasteiger partial charge is 0.295 e. The van der Waals surface area contributed by atoms with Gasteiger partial charge < -0.3 is 0 Å². The van der Waals surface area contributed by atoms with E-state index in [1.807, 2.05) is 25.3 Å². The second kappa shape index (κ2) is 5.42. The molecule has 1 amide bonds. The molecule has 5 nitrogen and oxygen atoms in total. The minimum atomic E-state index is -0.0175. The molecule has 0 saturated carbocycles. The maximum atomic E-state index is 11.0. The molecule has 6 heteroatoms. The van der Waals surface area contributed by atoms with Gasteiger partial charge in [-0.05, 0) is 31.2 Å². The van der Waals surface area contributed by atoms with Gasteiger partial charge in [0.25, 0.3) is 0 Å². The molecule has 102 valence electrons. The van der Waals surface area contributed by atoms with E-state index in [-0.39, 0.29) is 5.91 Å². The molecule has 3 rings (SSSR count). The average molecular weight is 286 g/mol. The van der Waals surface area contributed by atoms with Crippen molar-refractivity contribution in [2.75, 3.05) is 0 Å². The summed E-state index contributed by atoms with van der Waals surface area (Å²) in [6.45, 7) is 1.98. The lowest BCUT2D eigenvalue weighted by Gasteiger charge is -2.07. The number of hydrogen-bond donors (Lipinski definition) is 1. The van der Waals surface area contributed by atoms with Gasteiger partial charge in [-0.2, -0.15) is 5.10 Å². The number of carbonyl (C=O) groups is 1. The number of aromatic nitrogens is 2. The molecule has 0 fully saturated rings. The predicted molar refractivity (Wildman–Crippen MR) is 80.0 cm³/mol. The molecule has 0 aromatic carbocycles. The Morgan fingerprint density at radius 2 is 2.25 bits per heavy atom. The third kappa shape index (κ3) is 2.70. The number of rotatable bonds is 3. The van der Waals surface area contributed by atoms with Crippen LogP contribution in [0.1, 0.15) is 23.5 Å². The summed E-state index contributed by atoms with van der Waals surface area (Å²) < 4.78 is 2.06. The topological polar surface area (TPSA) is 59.3 Å². The summed E-state index contributed by atoms with van der Waals surface area (Å²) in [6.07, 6.45) is 8.93. The van der Waals surface area contributed by atoms with Crippen LogP contribution in [0.2, 0.25) is 0 Å². The zero-order chi connectivity index (χ0) is 13.9. The smallest absolute Gasteiger partial charge is 0.240 e. The lowest BCUT2D eigenvalue weighted by atomic mass is 10.1. The maximum absolute atomic E-state index is 11.0. The number of thiophene rings is 1. The van der Waals surface area contributed by atoms with Crippen LogP contribution in [0.15, 0.2) is 35.7 Å². The number of nitrogens with zero attached hydrogens (tertiary/aromatic N) is 3. The van der Waals surface area contributed by atoms with Gasteiger partial charge in [0, 0.05) is 30.1 Å². The third-order valence-electron chi connectivity index (χ3n) is 3.05. The van der Waals surface area contributed by atoms with Gasteiger partial charge in [0.15, 0.2) is 0 Å². The number of hydrogen-bond acceptors (Lipinski definition) is 4. The van der Waals surface area contributed by atoms with Crippen molar-refractivity contribution in [3.8, 4) is 5.00 Å². The first kappa shape index (κ1) is 12.8. The molecule has 2 aromatic rings. The highest BCUT2D eigenvalue weighted by Crippen LogP contribution is 2.23. The Hall–Kier alpha value is -2.21. The van der Waals surface area contributed by atoms with Gasteiger partial charge in [-0.3, -0.25) is 9.36 Å². The number of amides is 1. The van der Waals surface area contributed by atoms with Crippen LogP contribution < -0.4 is 5.43 Å². The summed E-state index contributed by atoms with van der Waals surface area (Å²) >= 11 is 1.69. The van der Waals surface area contributed by atoms with Crippen molar-refractivity contribution in [3.05, 3.63) is 41.3 Å². The van der Waals surface area contributed by atoms with Gasteiger partial charge in [-0.15, -0.1) is 11.3 Å². The van der Waals surface area contributed by atoms with Crippen molar-refractivity contribution in [1.82, 2.24) is 15.0 Å². The van der Waals surface area contributed by atoms with Crippen molar-refractivity contribution >= 4 is 29.0 Å². The Kier molecular flexibility index (Phi) is 3.47. The molecule has 3 heterocycles. The van der Waals surface area contributed by atoms with E-state index in [4.69, 9.17) is 0 Å². The van der Waals surface area contributed by atoms with Crippen LogP contribution in [0.25, 0.3) is 11.1 Å². The van der Waals surface area contributed by atoms with Crippen molar-refractivity contribution in [1.29, 1.82) is 0 Å². The highest BCUT2D eigenvalue weighted by Gasteiger charge is 2.09. The fourth-order valence-corrected chi connectivity index (χ4v) is 2.90. The highest BCUT2D eigenvalue weighted by molar-refractivity contribution is 7.15. The van der Waals surface area contributed by atoms with Crippen LogP contribution in [-0.4, -0.2) is 21.2 Å². The number of nitrogens with one attached hydrogen (secondary N) is 1. The normalized spacial score (nSPS) is 15.4. The molecule has 2 aromatic heterocycles. The Balaban J connectivity index is 1.75. The van der Waals surface area contributed by atoms with E-state index in [0.29, 0.717) is 12.8 Å². The minimum absolute atomic E-state index is 0.0175. The van der Waals surface area contributed by atoms with E-state index in [0.717, 1.165) is 21.4 Å². The van der Waals surface area contributed by atoms with Crippen LogP contribution in [0.5, 0.6) is 0 Å². The van der Waals surface area contributed by atoms with E-state index in [9.17, 15) is 4.79 Å². The number of allylic oxidation sites excluding steroid dienone is 1. The first-order valence-corrected chi connectivity index (χ1v) is 7.18. The Morgan fingerprint density at radius 3 is 2.95 bits per heavy atom. The quantitative estimate of drug-likeness (QED) is 0.942. The molecular formula is C14H14N4OS. The van der Waals surface area contributed by atoms with E-state index in [1.54, 1.807) is 17.5 Å². The lowest BCUT2D eigenvalue weighted by Crippen LogP contribution is -2.24. The second-order valence-electron chi connectivity index (χ2n) is 4.49. The first-order valence-electron chi connectivity index (χ1n) is 6.36. The molecule has 0 atom stereocenters. The number of imidazole rings is 1. The van der Waals surface area contributed by atoms with Gasteiger partial charge in [0.05, 0.1) is 5.71 Å². The summed E-state index contributed by atoms with van der Waals surface area (Å²) in [5.41, 5.74) is 3.39. The van der Waals surface area contributed by atoms with Crippen LogP contribution >= 0.6 is 11.3 Å². The number of hydrazone groups is 1. The molecule has 1 N–H and O–H groups in total. The average Bonchev–Trinajstić information content (AvgIpc) is 3.06. The molecule has 1 aliphatic rings. The number of carbonyl (C=O) groups excluding carboxylic acids is 1. The fraction of sp³-hybridized carbons (Fsp3) is 0.214. The van der Waals surface area contributed by atoms with Gasteiger partial charge in [0.1, 0.15) is 10.8 Å². The van der Waals surface area contributed by atoms with Crippen LogP contribution in [0.4, 0.5) is 0 Å². The lowest BCUT2D eigenvalue weighted by molar-refractivity contribution is -0.121. The first-order chi connectivity index (χ1) is 9.72. The summed E-state index contributed by atoms with van der Waals surface area (Å²) in [5, 5.41) is 5.15. The molecule has 0 unspecified atom stereocenters. The van der Waals surface area contributed by atoms with Crippen molar-refractivity contribution in [2.45, 2.75) is 19.8 Å². The SMILES string of the molecule is Cc1nccn1-c1ccc(/C=C/C2=NNC(=O)CC2)s1.